The molecule has 12 heteroatoms. The normalized spacial score (nSPS) is 18.6. The van der Waals surface area contributed by atoms with Gasteiger partial charge < -0.3 is 30.2 Å². The van der Waals surface area contributed by atoms with Gasteiger partial charge >= 0.3 is 18.2 Å². The average Bonchev–Trinajstić information content (AvgIpc) is 3.12. The van der Waals surface area contributed by atoms with Crippen LogP contribution in [-0.4, -0.2) is 69.3 Å². The number of hydrogen-bond acceptors (Lipinski definition) is 8. The van der Waals surface area contributed by atoms with Gasteiger partial charge in [-0.2, -0.15) is 5.10 Å². The lowest BCUT2D eigenvalue weighted by Crippen LogP contribution is -2.73. The van der Waals surface area contributed by atoms with Crippen LogP contribution in [0, 0.1) is 0 Å². The van der Waals surface area contributed by atoms with Crippen LogP contribution in [0.4, 0.5) is 9.59 Å². The number of amides is 2. The van der Waals surface area contributed by atoms with Gasteiger partial charge in [0.1, 0.15) is 16.9 Å². The van der Waals surface area contributed by atoms with Crippen LogP contribution in [0.5, 0.6) is 0 Å². The average molecular weight is 578 g/mol. The molecule has 1 aliphatic heterocycles. The molecule has 0 atom stereocenters. The number of likely N-dealkylation sites (tertiary alicyclic amines) is 1. The summed E-state index contributed by atoms with van der Waals surface area (Å²) in [6.45, 7) is 16.6. The lowest BCUT2D eigenvalue weighted by molar-refractivity contribution is -0.0268. The van der Waals surface area contributed by atoms with Crippen molar-refractivity contribution in [3.63, 3.8) is 0 Å². The number of hydrogen-bond donors (Lipinski definition) is 2. The Hall–Kier alpha value is -3.47. The summed E-state index contributed by atoms with van der Waals surface area (Å²) in [5.41, 5.74) is 6.42. The van der Waals surface area contributed by atoms with Crippen LogP contribution in [-0.2, 0) is 27.2 Å². The van der Waals surface area contributed by atoms with Crippen LogP contribution in [0.2, 0.25) is 0 Å². The summed E-state index contributed by atoms with van der Waals surface area (Å²) < 4.78 is 17.9. The lowest BCUT2D eigenvalue weighted by Gasteiger charge is -2.49. The molecular weight excluding hydrogens is 538 g/mol. The minimum absolute atomic E-state index is 0.0590. The van der Waals surface area contributed by atoms with E-state index in [2.05, 4.69) is 11.9 Å². The van der Waals surface area contributed by atoms with Crippen LogP contribution in [0.1, 0.15) is 76.6 Å². The minimum atomic E-state index is -0.998. The molecular formula is C28H40ClN5O6. The zero-order valence-electron chi connectivity index (χ0n) is 24.4. The number of ether oxygens (including phenoxy) is 3. The van der Waals surface area contributed by atoms with E-state index in [0.29, 0.717) is 29.7 Å². The number of carbonyl (C=O) groups excluding carboxylic acids is 3. The Kier molecular flexibility index (Phi) is 8.98. The van der Waals surface area contributed by atoms with Crippen molar-refractivity contribution < 1.29 is 28.6 Å². The molecule has 11 nitrogen and oxygen atoms in total. The number of alkyl carbamates (subject to hydrolysis) is 1. The second-order valence-corrected chi connectivity index (χ2v) is 12.5. The van der Waals surface area contributed by atoms with Crippen molar-refractivity contribution in [3.8, 4) is 0 Å². The Morgan fingerprint density at radius 2 is 1.75 bits per heavy atom. The molecule has 3 N–H and O–H groups in total. The SMILES string of the molecule is C=C(Cl)/C=C1\C(=C/N)CCc2c1nn(CC1(NC(=O)OC(C)(C)C)CN(C(=O)OC(C)(C)C)C1)c2C(=O)OCC. The molecule has 1 aliphatic carbocycles. The highest BCUT2D eigenvalue weighted by molar-refractivity contribution is 6.31. The summed E-state index contributed by atoms with van der Waals surface area (Å²) in [5.74, 6) is -0.545. The van der Waals surface area contributed by atoms with Crippen molar-refractivity contribution in [1.82, 2.24) is 20.0 Å². The molecule has 0 unspecified atom stereocenters. The van der Waals surface area contributed by atoms with Crippen molar-refractivity contribution in [2.75, 3.05) is 19.7 Å². The van der Waals surface area contributed by atoms with E-state index in [1.54, 1.807) is 54.5 Å². The van der Waals surface area contributed by atoms with Crippen LogP contribution in [0.15, 0.2) is 29.5 Å². The van der Waals surface area contributed by atoms with E-state index in [-0.39, 0.29) is 37.0 Å². The predicted molar refractivity (Wildman–Crippen MR) is 152 cm³/mol. The van der Waals surface area contributed by atoms with Gasteiger partial charge in [0.15, 0.2) is 0 Å². The Labute approximate surface area is 240 Å². The monoisotopic (exact) mass is 577 g/mol. The first-order chi connectivity index (χ1) is 18.5. The lowest BCUT2D eigenvalue weighted by atomic mass is 9.87. The molecule has 0 bridgehead atoms. The van der Waals surface area contributed by atoms with Crippen LogP contribution in [0.25, 0.3) is 5.57 Å². The third kappa shape index (κ3) is 7.38. The molecule has 0 radical (unpaired) electrons. The fourth-order valence-corrected chi connectivity index (χ4v) is 4.81. The number of nitrogens with two attached hydrogens (primary N) is 1. The maximum atomic E-state index is 13.2. The third-order valence-electron chi connectivity index (χ3n) is 6.12. The van der Waals surface area contributed by atoms with Gasteiger partial charge in [0.05, 0.1) is 37.5 Å². The summed E-state index contributed by atoms with van der Waals surface area (Å²) in [7, 11) is 0. The van der Waals surface area contributed by atoms with E-state index < -0.39 is 34.9 Å². The summed E-state index contributed by atoms with van der Waals surface area (Å²) in [6, 6.07) is 0. The van der Waals surface area contributed by atoms with E-state index in [0.717, 1.165) is 5.57 Å². The summed E-state index contributed by atoms with van der Waals surface area (Å²) in [5, 5.41) is 7.99. The van der Waals surface area contributed by atoms with Gasteiger partial charge in [-0.15, -0.1) is 0 Å². The first-order valence-corrected chi connectivity index (χ1v) is 13.6. The molecule has 1 saturated heterocycles. The highest BCUT2D eigenvalue weighted by atomic mass is 35.5. The Balaban J connectivity index is 2.05. The Morgan fingerprint density at radius 1 is 1.12 bits per heavy atom. The number of nitrogens with one attached hydrogen (secondary N) is 1. The predicted octanol–water partition coefficient (Wildman–Crippen LogP) is 4.50. The van der Waals surface area contributed by atoms with Gasteiger partial charge in [-0.3, -0.25) is 4.68 Å². The fourth-order valence-electron chi connectivity index (χ4n) is 4.70. The highest BCUT2D eigenvalue weighted by Crippen LogP contribution is 2.38. The number of carbonyl (C=O) groups is 3. The molecule has 1 fully saturated rings. The molecule has 220 valence electrons. The van der Waals surface area contributed by atoms with Crippen molar-refractivity contribution >= 4 is 35.3 Å². The summed E-state index contributed by atoms with van der Waals surface area (Å²) in [4.78, 5) is 40.3. The van der Waals surface area contributed by atoms with E-state index >= 15 is 0 Å². The van der Waals surface area contributed by atoms with Crippen LogP contribution >= 0.6 is 11.6 Å². The summed E-state index contributed by atoms with van der Waals surface area (Å²) in [6.07, 6.45) is 3.04. The van der Waals surface area contributed by atoms with Gasteiger partial charge in [-0.05, 0) is 79.2 Å². The van der Waals surface area contributed by atoms with Gasteiger partial charge in [0.25, 0.3) is 0 Å². The topological polar surface area (TPSA) is 138 Å². The zero-order valence-corrected chi connectivity index (χ0v) is 25.1. The number of rotatable bonds is 6. The zero-order chi connectivity index (χ0) is 30.0. The smallest absolute Gasteiger partial charge is 0.410 e. The first-order valence-electron chi connectivity index (χ1n) is 13.2. The molecule has 0 saturated carbocycles. The minimum Gasteiger partial charge on any atom is -0.461 e. The van der Waals surface area contributed by atoms with Gasteiger partial charge in [-0.1, -0.05) is 18.2 Å². The quantitative estimate of drug-likeness (QED) is 0.372. The molecule has 1 aromatic rings. The standard InChI is InChI=1S/C28H40ClN5O6/c1-9-38-23(35)22-19-11-10-18(13-30)20(12-17(2)29)21(19)32-34(22)16-28(31-24(36)39-26(3,4)5)14-33(15-28)25(37)40-27(6,7)8/h12-13H,2,9-11,14-16,30H2,1,3-8H3,(H,31,36)/b18-13-,20-12+. The van der Waals surface area contributed by atoms with Gasteiger partial charge in [0, 0.05) is 16.2 Å². The van der Waals surface area contributed by atoms with Crippen molar-refractivity contribution in [3.05, 3.63) is 46.4 Å². The second kappa shape index (κ2) is 11.6. The number of fused-ring (bicyclic) bond motifs is 1. The molecule has 2 heterocycles. The van der Waals surface area contributed by atoms with Crippen molar-refractivity contribution in [2.24, 2.45) is 5.73 Å². The first kappa shape index (κ1) is 31.1. The number of aromatic nitrogens is 2. The maximum absolute atomic E-state index is 13.2. The molecule has 3 rings (SSSR count). The number of esters is 1. The molecule has 2 aliphatic rings. The Morgan fingerprint density at radius 3 is 2.27 bits per heavy atom. The molecule has 0 spiro atoms. The fraction of sp³-hybridized carbons (Fsp3) is 0.571. The molecule has 40 heavy (non-hydrogen) atoms. The van der Waals surface area contributed by atoms with E-state index in [9.17, 15) is 14.4 Å². The molecule has 1 aromatic heterocycles. The van der Waals surface area contributed by atoms with E-state index in [1.165, 1.54) is 15.8 Å². The number of nitrogens with zero attached hydrogens (tertiary/aromatic N) is 3. The van der Waals surface area contributed by atoms with Gasteiger partial charge in [-0.25, -0.2) is 14.4 Å². The van der Waals surface area contributed by atoms with Crippen LogP contribution < -0.4 is 11.1 Å². The largest absolute Gasteiger partial charge is 0.461 e. The van der Waals surface area contributed by atoms with Crippen LogP contribution in [0.3, 0.4) is 0 Å². The van der Waals surface area contributed by atoms with E-state index in [4.69, 9.17) is 36.6 Å². The van der Waals surface area contributed by atoms with Gasteiger partial charge in [0.2, 0.25) is 0 Å². The second-order valence-electron chi connectivity index (χ2n) is 12.0. The molecule has 2 amide bonds. The third-order valence-corrected chi connectivity index (χ3v) is 6.23. The molecule has 0 aromatic carbocycles. The Bertz CT molecular complexity index is 1240. The number of allylic oxidation sites excluding steroid dienone is 4. The summed E-state index contributed by atoms with van der Waals surface area (Å²) >= 11 is 6.12. The van der Waals surface area contributed by atoms with Crippen molar-refractivity contribution in [1.29, 1.82) is 0 Å². The maximum Gasteiger partial charge on any atom is 0.410 e. The highest BCUT2D eigenvalue weighted by Gasteiger charge is 2.50. The van der Waals surface area contributed by atoms with Crippen molar-refractivity contribution in [2.45, 2.75) is 84.6 Å². The van der Waals surface area contributed by atoms with E-state index in [1.807, 2.05) is 0 Å². The number of halogens is 1.